The summed E-state index contributed by atoms with van der Waals surface area (Å²) in [5.74, 6) is 0.906. The maximum absolute atomic E-state index is 5.78. The molecule has 0 spiro atoms. The Kier molecular flexibility index (Phi) is 3.76. The molecule has 4 nitrogen and oxygen atoms in total. The topological polar surface area (TPSA) is 55.9 Å². The zero-order valence-corrected chi connectivity index (χ0v) is 8.33. The minimum Gasteiger partial charge on any atom is -0.356 e. The molecule has 3 N–H and O–H groups in total. The van der Waals surface area contributed by atoms with E-state index in [1.54, 1.807) is 6.20 Å². The Hall–Kier alpha value is -1.03. The highest BCUT2D eigenvalue weighted by Crippen LogP contribution is 2.01. The molecule has 0 saturated heterocycles. The number of hydrogen-bond donors (Lipinski definition) is 2. The zero-order valence-electron chi connectivity index (χ0n) is 8.33. The molecule has 0 aliphatic rings. The van der Waals surface area contributed by atoms with Gasteiger partial charge in [0.05, 0.1) is 0 Å². The highest BCUT2D eigenvalue weighted by Gasteiger charge is 2.00. The highest BCUT2D eigenvalue weighted by molar-refractivity contribution is 5.24. The summed E-state index contributed by atoms with van der Waals surface area (Å²) in [6, 6.07) is 0.299. The smallest absolute Gasteiger partial charge is 0.202 e. The van der Waals surface area contributed by atoms with Gasteiger partial charge in [0.1, 0.15) is 0 Å². The van der Waals surface area contributed by atoms with Crippen LogP contribution in [0.4, 0.5) is 5.95 Å². The van der Waals surface area contributed by atoms with Crippen molar-refractivity contribution in [2.24, 2.45) is 12.8 Å². The van der Waals surface area contributed by atoms with Gasteiger partial charge in [0.2, 0.25) is 5.95 Å². The molecule has 0 radical (unpaired) electrons. The maximum Gasteiger partial charge on any atom is 0.202 e. The predicted octanol–water partition coefficient (Wildman–Crippen LogP) is 0.959. The number of aryl methyl sites for hydroxylation is 1. The van der Waals surface area contributed by atoms with E-state index in [0.29, 0.717) is 6.04 Å². The SMILES string of the molecule is CCC(N)CCNc1nccn1C. The van der Waals surface area contributed by atoms with E-state index >= 15 is 0 Å². The highest BCUT2D eigenvalue weighted by atomic mass is 15.2. The lowest BCUT2D eigenvalue weighted by Gasteiger charge is -2.09. The van der Waals surface area contributed by atoms with Gasteiger partial charge < -0.3 is 15.6 Å². The first-order chi connectivity index (χ1) is 6.24. The number of anilines is 1. The fraction of sp³-hybridized carbons (Fsp3) is 0.667. The van der Waals surface area contributed by atoms with Crippen LogP contribution in [-0.4, -0.2) is 22.1 Å². The number of imidazole rings is 1. The summed E-state index contributed by atoms with van der Waals surface area (Å²) < 4.78 is 1.96. The summed E-state index contributed by atoms with van der Waals surface area (Å²) in [7, 11) is 1.97. The quantitative estimate of drug-likeness (QED) is 0.713. The molecule has 0 aromatic carbocycles. The van der Waals surface area contributed by atoms with E-state index in [-0.39, 0.29) is 0 Å². The van der Waals surface area contributed by atoms with Crippen molar-refractivity contribution in [3.8, 4) is 0 Å². The molecule has 13 heavy (non-hydrogen) atoms. The van der Waals surface area contributed by atoms with Crippen LogP contribution in [0.25, 0.3) is 0 Å². The Morgan fingerprint density at radius 1 is 1.69 bits per heavy atom. The van der Waals surface area contributed by atoms with E-state index in [1.165, 1.54) is 0 Å². The van der Waals surface area contributed by atoms with E-state index in [1.807, 2.05) is 17.8 Å². The van der Waals surface area contributed by atoms with Gasteiger partial charge in [-0.25, -0.2) is 4.98 Å². The minimum absolute atomic E-state index is 0.299. The molecular weight excluding hydrogens is 164 g/mol. The summed E-state index contributed by atoms with van der Waals surface area (Å²) in [4.78, 5) is 4.15. The van der Waals surface area contributed by atoms with Crippen LogP contribution >= 0.6 is 0 Å². The Bertz CT molecular complexity index is 244. The van der Waals surface area contributed by atoms with E-state index in [0.717, 1.165) is 25.3 Å². The van der Waals surface area contributed by atoms with Crippen LogP contribution < -0.4 is 11.1 Å². The van der Waals surface area contributed by atoms with E-state index in [9.17, 15) is 0 Å². The van der Waals surface area contributed by atoms with Crippen molar-refractivity contribution in [2.75, 3.05) is 11.9 Å². The largest absolute Gasteiger partial charge is 0.356 e. The standard InChI is InChI=1S/C9H18N4/c1-3-8(10)4-5-11-9-12-6-7-13(9)2/h6-8H,3-5,10H2,1-2H3,(H,11,12). The normalized spacial score (nSPS) is 12.8. The summed E-state index contributed by atoms with van der Waals surface area (Å²) in [5.41, 5.74) is 5.78. The summed E-state index contributed by atoms with van der Waals surface area (Å²) in [6.45, 7) is 2.99. The van der Waals surface area contributed by atoms with Crippen molar-refractivity contribution in [2.45, 2.75) is 25.8 Å². The third-order valence-corrected chi connectivity index (χ3v) is 2.14. The van der Waals surface area contributed by atoms with Gasteiger partial charge in [0.25, 0.3) is 0 Å². The number of nitrogens with two attached hydrogens (primary N) is 1. The van der Waals surface area contributed by atoms with Crippen molar-refractivity contribution in [3.63, 3.8) is 0 Å². The van der Waals surface area contributed by atoms with E-state index in [2.05, 4.69) is 17.2 Å². The lowest BCUT2D eigenvalue weighted by atomic mass is 10.2. The number of hydrogen-bond acceptors (Lipinski definition) is 3. The van der Waals surface area contributed by atoms with Crippen molar-refractivity contribution >= 4 is 5.95 Å². The molecule has 1 atom stereocenters. The molecular formula is C9H18N4. The third kappa shape index (κ3) is 3.06. The lowest BCUT2D eigenvalue weighted by Crippen LogP contribution is -2.22. The average Bonchev–Trinajstić information content (AvgIpc) is 2.52. The molecule has 0 bridgehead atoms. The molecule has 0 aliphatic heterocycles. The Morgan fingerprint density at radius 2 is 2.46 bits per heavy atom. The van der Waals surface area contributed by atoms with Gasteiger partial charge in [-0.05, 0) is 12.8 Å². The van der Waals surface area contributed by atoms with Gasteiger partial charge in [0.15, 0.2) is 0 Å². The molecule has 1 unspecified atom stereocenters. The second-order valence-electron chi connectivity index (χ2n) is 3.25. The summed E-state index contributed by atoms with van der Waals surface area (Å²) in [6.07, 6.45) is 5.72. The monoisotopic (exact) mass is 182 g/mol. The first kappa shape index (κ1) is 10.1. The van der Waals surface area contributed by atoms with Crippen LogP contribution in [0.5, 0.6) is 0 Å². The van der Waals surface area contributed by atoms with Crippen molar-refractivity contribution in [3.05, 3.63) is 12.4 Å². The number of rotatable bonds is 5. The maximum atomic E-state index is 5.78. The van der Waals surface area contributed by atoms with Crippen LogP contribution in [0.3, 0.4) is 0 Å². The minimum atomic E-state index is 0.299. The van der Waals surface area contributed by atoms with Gasteiger partial charge in [-0.15, -0.1) is 0 Å². The first-order valence-electron chi connectivity index (χ1n) is 4.70. The molecule has 1 aromatic heterocycles. The Balaban J connectivity index is 2.24. The molecule has 1 aromatic rings. The lowest BCUT2D eigenvalue weighted by molar-refractivity contribution is 0.611. The van der Waals surface area contributed by atoms with Gasteiger partial charge >= 0.3 is 0 Å². The number of nitrogens with zero attached hydrogens (tertiary/aromatic N) is 2. The summed E-state index contributed by atoms with van der Waals surface area (Å²) in [5, 5.41) is 3.23. The molecule has 0 amide bonds. The Morgan fingerprint density at radius 3 is 3.00 bits per heavy atom. The van der Waals surface area contributed by atoms with Crippen LogP contribution in [-0.2, 0) is 7.05 Å². The second-order valence-corrected chi connectivity index (χ2v) is 3.25. The summed E-state index contributed by atoms with van der Waals surface area (Å²) >= 11 is 0. The Labute approximate surface area is 79.1 Å². The zero-order chi connectivity index (χ0) is 9.68. The van der Waals surface area contributed by atoms with Crippen LogP contribution in [0.2, 0.25) is 0 Å². The van der Waals surface area contributed by atoms with E-state index < -0.39 is 0 Å². The second kappa shape index (κ2) is 4.87. The molecule has 4 heteroatoms. The molecule has 0 fully saturated rings. The third-order valence-electron chi connectivity index (χ3n) is 2.14. The first-order valence-corrected chi connectivity index (χ1v) is 4.70. The molecule has 74 valence electrons. The average molecular weight is 182 g/mol. The van der Waals surface area contributed by atoms with Crippen molar-refractivity contribution < 1.29 is 0 Å². The van der Waals surface area contributed by atoms with Gasteiger partial charge in [-0.2, -0.15) is 0 Å². The number of nitrogens with one attached hydrogen (secondary N) is 1. The fourth-order valence-corrected chi connectivity index (χ4v) is 1.11. The number of aromatic nitrogens is 2. The molecule has 1 rings (SSSR count). The van der Waals surface area contributed by atoms with Gasteiger partial charge in [-0.3, -0.25) is 0 Å². The van der Waals surface area contributed by atoms with Crippen molar-refractivity contribution in [1.82, 2.24) is 9.55 Å². The van der Waals surface area contributed by atoms with E-state index in [4.69, 9.17) is 5.73 Å². The molecule has 0 saturated carbocycles. The van der Waals surface area contributed by atoms with Crippen LogP contribution in [0, 0.1) is 0 Å². The predicted molar refractivity (Wildman–Crippen MR) is 54.6 cm³/mol. The van der Waals surface area contributed by atoms with Crippen LogP contribution in [0.15, 0.2) is 12.4 Å². The molecule has 0 aliphatic carbocycles. The fourth-order valence-electron chi connectivity index (χ4n) is 1.11. The van der Waals surface area contributed by atoms with Crippen LogP contribution in [0.1, 0.15) is 19.8 Å². The molecule has 1 heterocycles. The van der Waals surface area contributed by atoms with Gasteiger partial charge in [0, 0.05) is 32.0 Å². The van der Waals surface area contributed by atoms with Crippen molar-refractivity contribution in [1.29, 1.82) is 0 Å². The van der Waals surface area contributed by atoms with Gasteiger partial charge in [-0.1, -0.05) is 6.92 Å².